The minimum atomic E-state index is -0.308. The lowest BCUT2D eigenvalue weighted by Crippen LogP contribution is -2.42. The maximum atomic E-state index is 12.8. The van der Waals surface area contributed by atoms with E-state index in [4.69, 9.17) is 5.73 Å². The first-order valence-corrected chi connectivity index (χ1v) is 8.03. The summed E-state index contributed by atoms with van der Waals surface area (Å²) in [7, 11) is 1.74. The van der Waals surface area contributed by atoms with Crippen molar-refractivity contribution in [3.05, 3.63) is 56.1 Å². The van der Waals surface area contributed by atoms with Gasteiger partial charge in [0.05, 0.1) is 11.9 Å². The van der Waals surface area contributed by atoms with Crippen LogP contribution in [0.4, 0.5) is 0 Å². The van der Waals surface area contributed by atoms with Gasteiger partial charge in [0.15, 0.2) is 0 Å². The quantitative estimate of drug-likeness (QED) is 0.904. The number of nitrogens with zero attached hydrogens (tertiary/aromatic N) is 3. The maximum absolute atomic E-state index is 12.8. The molecule has 0 aromatic carbocycles. The zero-order chi connectivity index (χ0) is 16.6. The number of rotatable bonds is 3. The molecule has 0 bridgehead atoms. The Morgan fingerprint density at radius 2 is 2.00 bits per heavy atom. The highest BCUT2D eigenvalue weighted by Crippen LogP contribution is 2.16. The molecule has 2 aromatic rings. The average molecular weight is 314 g/mol. The molecule has 1 aliphatic carbocycles. The van der Waals surface area contributed by atoms with E-state index < -0.39 is 0 Å². The molecule has 2 heterocycles. The fourth-order valence-corrected chi connectivity index (χ4v) is 3.20. The third-order valence-electron chi connectivity index (χ3n) is 4.38. The summed E-state index contributed by atoms with van der Waals surface area (Å²) < 4.78 is 2.83. The van der Waals surface area contributed by atoms with Crippen molar-refractivity contribution < 1.29 is 0 Å². The summed E-state index contributed by atoms with van der Waals surface area (Å²) in [6.45, 7) is 1.92. The Morgan fingerprint density at radius 1 is 1.26 bits per heavy atom. The van der Waals surface area contributed by atoms with Crippen molar-refractivity contribution in [3.63, 3.8) is 0 Å². The third-order valence-corrected chi connectivity index (χ3v) is 4.38. The van der Waals surface area contributed by atoms with Crippen LogP contribution < -0.4 is 17.0 Å². The molecule has 23 heavy (non-hydrogen) atoms. The lowest BCUT2D eigenvalue weighted by Gasteiger charge is -2.20. The number of fused-ring (bicyclic) bond motifs is 1. The summed E-state index contributed by atoms with van der Waals surface area (Å²) >= 11 is 0. The standard InChI is InChI=1S/C17H22N4O2/c1-11(18)9-12-7-8-13(10-19-12)21-16(22)14-5-3-4-6-15(14)20(2)17(21)23/h7-8,10-11H,3-6,9,18H2,1-2H3. The molecule has 0 aliphatic heterocycles. The van der Waals surface area contributed by atoms with Crippen molar-refractivity contribution in [1.82, 2.24) is 14.1 Å². The highest BCUT2D eigenvalue weighted by Gasteiger charge is 2.20. The van der Waals surface area contributed by atoms with Crippen molar-refractivity contribution in [2.45, 2.75) is 45.1 Å². The van der Waals surface area contributed by atoms with E-state index in [1.807, 2.05) is 13.0 Å². The van der Waals surface area contributed by atoms with E-state index in [0.29, 0.717) is 12.1 Å². The number of hydrogen-bond donors (Lipinski definition) is 1. The Kier molecular flexibility index (Phi) is 4.17. The van der Waals surface area contributed by atoms with E-state index in [2.05, 4.69) is 4.98 Å². The van der Waals surface area contributed by atoms with Gasteiger partial charge in [-0.2, -0.15) is 0 Å². The smallest absolute Gasteiger partial charge is 0.328 e. The van der Waals surface area contributed by atoms with Gasteiger partial charge in [0.2, 0.25) is 0 Å². The highest BCUT2D eigenvalue weighted by molar-refractivity contribution is 5.33. The predicted octanol–water partition coefficient (Wildman–Crippen LogP) is 0.700. The van der Waals surface area contributed by atoms with Crippen LogP contribution >= 0.6 is 0 Å². The summed E-state index contributed by atoms with van der Waals surface area (Å²) in [4.78, 5) is 29.7. The number of pyridine rings is 1. The van der Waals surface area contributed by atoms with Gasteiger partial charge >= 0.3 is 5.69 Å². The summed E-state index contributed by atoms with van der Waals surface area (Å²) in [5.74, 6) is 0. The van der Waals surface area contributed by atoms with E-state index in [1.165, 1.54) is 4.57 Å². The summed E-state index contributed by atoms with van der Waals surface area (Å²) in [5.41, 5.74) is 8.26. The fraction of sp³-hybridized carbons (Fsp3) is 0.471. The minimum Gasteiger partial charge on any atom is -0.328 e. The Morgan fingerprint density at radius 3 is 2.65 bits per heavy atom. The van der Waals surface area contributed by atoms with Crippen LogP contribution in [0.25, 0.3) is 5.69 Å². The van der Waals surface area contributed by atoms with Gasteiger partial charge in [0.25, 0.3) is 5.56 Å². The van der Waals surface area contributed by atoms with Gasteiger partial charge in [-0.3, -0.25) is 9.78 Å². The van der Waals surface area contributed by atoms with Gasteiger partial charge in [0, 0.05) is 36.5 Å². The third kappa shape index (κ3) is 2.86. The molecule has 6 heteroatoms. The maximum Gasteiger partial charge on any atom is 0.335 e. The van der Waals surface area contributed by atoms with Crippen LogP contribution in [-0.2, 0) is 26.3 Å². The molecule has 1 aliphatic rings. The van der Waals surface area contributed by atoms with Crippen LogP contribution in [0.5, 0.6) is 0 Å². The summed E-state index contributed by atoms with van der Waals surface area (Å²) in [5, 5.41) is 0. The second kappa shape index (κ2) is 6.12. The van der Waals surface area contributed by atoms with Gasteiger partial charge in [-0.05, 0) is 44.7 Å². The van der Waals surface area contributed by atoms with Crippen molar-refractivity contribution in [2.24, 2.45) is 12.8 Å². The van der Waals surface area contributed by atoms with Crippen LogP contribution in [-0.4, -0.2) is 20.2 Å². The zero-order valence-electron chi connectivity index (χ0n) is 13.6. The molecule has 0 amide bonds. The van der Waals surface area contributed by atoms with E-state index in [1.54, 1.807) is 23.9 Å². The van der Waals surface area contributed by atoms with E-state index in [-0.39, 0.29) is 17.3 Å². The molecule has 3 rings (SSSR count). The molecule has 1 atom stereocenters. The molecule has 0 saturated heterocycles. The van der Waals surface area contributed by atoms with Gasteiger partial charge in [-0.15, -0.1) is 0 Å². The van der Waals surface area contributed by atoms with Crippen LogP contribution in [0.3, 0.4) is 0 Å². The second-order valence-corrected chi connectivity index (χ2v) is 6.30. The Hall–Kier alpha value is -2.21. The van der Waals surface area contributed by atoms with Crippen molar-refractivity contribution in [2.75, 3.05) is 0 Å². The van der Waals surface area contributed by atoms with Crippen molar-refractivity contribution in [3.8, 4) is 5.69 Å². The van der Waals surface area contributed by atoms with E-state index >= 15 is 0 Å². The molecule has 0 spiro atoms. The average Bonchev–Trinajstić information content (AvgIpc) is 2.54. The Bertz CT molecular complexity index is 831. The van der Waals surface area contributed by atoms with Gasteiger partial charge in [-0.25, -0.2) is 9.36 Å². The van der Waals surface area contributed by atoms with Crippen LogP contribution in [0.1, 0.15) is 36.7 Å². The lowest BCUT2D eigenvalue weighted by molar-refractivity contribution is 0.585. The Labute approximate surface area is 134 Å². The topological polar surface area (TPSA) is 82.9 Å². The van der Waals surface area contributed by atoms with Crippen LogP contribution in [0, 0.1) is 0 Å². The first kappa shape index (κ1) is 15.7. The molecule has 2 N–H and O–H groups in total. The monoisotopic (exact) mass is 314 g/mol. The number of aromatic nitrogens is 3. The molecule has 0 radical (unpaired) electrons. The van der Waals surface area contributed by atoms with Gasteiger partial charge in [-0.1, -0.05) is 0 Å². The molecule has 122 valence electrons. The first-order chi connectivity index (χ1) is 11.0. The number of nitrogens with two attached hydrogens (primary N) is 1. The molecule has 0 saturated carbocycles. The first-order valence-electron chi connectivity index (χ1n) is 8.03. The molecule has 0 fully saturated rings. The van der Waals surface area contributed by atoms with Crippen molar-refractivity contribution in [1.29, 1.82) is 0 Å². The second-order valence-electron chi connectivity index (χ2n) is 6.30. The predicted molar refractivity (Wildman–Crippen MR) is 89.1 cm³/mol. The zero-order valence-corrected chi connectivity index (χ0v) is 13.6. The summed E-state index contributed by atoms with van der Waals surface area (Å²) in [6, 6.07) is 3.61. The molecule has 1 unspecified atom stereocenters. The van der Waals surface area contributed by atoms with Crippen LogP contribution in [0.2, 0.25) is 0 Å². The highest BCUT2D eigenvalue weighted by atomic mass is 16.2. The van der Waals surface area contributed by atoms with E-state index in [0.717, 1.165) is 42.6 Å². The minimum absolute atomic E-state index is 0.0210. The fourth-order valence-electron chi connectivity index (χ4n) is 3.20. The van der Waals surface area contributed by atoms with Gasteiger partial charge < -0.3 is 10.3 Å². The Balaban J connectivity index is 2.11. The van der Waals surface area contributed by atoms with Crippen LogP contribution in [0.15, 0.2) is 27.9 Å². The lowest BCUT2D eigenvalue weighted by atomic mass is 9.97. The molecular formula is C17H22N4O2. The SMILES string of the molecule is CC(N)Cc1ccc(-n2c(=O)c3c(n(C)c2=O)CCCC3)cn1. The summed E-state index contributed by atoms with van der Waals surface area (Å²) in [6.07, 6.45) is 5.79. The van der Waals surface area contributed by atoms with Crippen molar-refractivity contribution >= 4 is 0 Å². The molecular weight excluding hydrogens is 292 g/mol. The molecule has 2 aromatic heterocycles. The number of hydrogen-bond acceptors (Lipinski definition) is 4. The van der Waals surface area contributed by atoms with E-state index in [9.17, 15) is 9.59 Å². The van der Waals surface area contributed by atoms with Gasteiger partial charge in [0.1, 0.15) is 0 Å². The molecule has 6 nitrogen and oxygen atoms in total. The normalized spacial score (nSPS) is 15.3. The largest absolute Gasteiger partial charge is 0.335 e.